The number of rotatable bonds is 3. The summed E-state index contributed by atoms with van der Waals surface area (Å²) in [5.74, 6) is -0.0152. The number of aryl methyl sites for hydroxylation is 2. The second-order valence-corrected chi connectivity index (χ2v) is 8.61. The number of benzene rings is 1. The van der Waals surface area contributed by atoms with Crippen LogP contribution in [0.15, 0.2) is 27.6 Å². The van der Waals surface area contributed by atoms with Gasteiger partial charge in [0.05, 0.1) is 15.6 Å². The van der Waals surface area contributed by atoms with E-state index < -0.39 is 10.0 Å². The summed E-state index contributed by atoms with van der Waals surface area (Å²) in [4.78, 5) is 14.3. The molecular formula is C16H17Cl2N3O4S. The first-order valence-corrected chi connectivity index (χ1v) is 10.1. The zero-order valence-electron chi connectivity index (χ0n) is 14.2. The Morgan fingerprint density at radius 3 is 2.38 bits per heavy atom. The summed E-state index contributed by atoms with van der Waals surface area (Å²) in [6, 6.07) is 4.86. The molecule has 0 atom stereocenters. The van der Waals surface area contributed by atoms with E-state index in [9.17, 15) is 13.2 Å². The van der Waals surface area contributed by atoms with Crippen LogP contribution in [0.5, 0.6) is 0 Å². The van der Waals surface area contributed by atoms with E-state index in [1.54, 1.807) is 36.9 Å². The Labute approximate surface area is 161 Å². The van der Waals surface area contributed by atoms with Crippen LogP contribution in [0.4, 0.5) is 0 Å². The molecule has 26 heavy (non-hydrogen) atoms. The number of sulfonamides is 1. The molecule has 1 aromatic carbocycles. The van der Waals surface area contributed by atoms with Crippen LogP contribution in [0.2, 0.25) is 10.0 Å². The Hall–Kier alpha value is -1.61. The SMILES string of the molecule is Cc1noc(C)c1S(=O)(=O)N1CCN(C(=O)c2cccc(Cl)c2Cl)CC1. The number of hydrogen-bond donors (Lipinski definition) is 0. The molecule has 1 amide bonds. The van der Waals surface area contributed by atoms with Gasteiger partial charge >= 0.3 is 0 Å². The van der Waals surface area contributed by atoms with Crippen molar-refractivity contribution in [1.82, 2.24) is 14.4 Å². The fraction of sp³-hybridized carbons (Fsp3) is 0.375. The van der Waals surface area contributed by atoms with Gasteiger partial charge in [0.2, 0.25) is 10.0 Å². The third kappa shape index (κ3) is 3.34. The first-order chi connectivity index (χ1) is 12.2. The van der Waals surface area contributed by atoms with Crippen molar-refractivity contribution in [2.45, 2.75) is 18.7 Å². The number of nitrogens with zero attached hydrogens (tertiary/aromatic N) is 3. The molecule has 0 N–H and O–H groups in total. The molecule has 1 aliphatic rings. The van der Waals surface area contributed by atoms with Gasteiger partial charge in [-0.2, -0.15) is 4.31 Å². The molecule has 0 unspecified atom stereocenters. The predicted molar refractivity (Wildman–Crippen MR) is 97.1 cm³/mol. The van der Waals surface area contributed by atoms with Crippen molar-refractivity contribution in [3.05, 3.63) is 45.3 Å². The predicted octanol–water partition coefficient (Wildman–Crippen LogP) is 2.74. The summed E-state index contributed by atoms with van der Waals surface area (Å²) in [5.41, 5.74) is 0.632. The van der Waals surface area contributed by atoms with E-state index in [0.29, 0.717) is 16.3 Å². The monoisotopic (exact) mass is 417 g/mol. The first-order valence-electron chi connectivity index (χ1n) is 7.89. The van der Waals surface area contributed by atoms with Crippen LogP contribution in [0.3, 0.4) is 0 Å². The lowest BCUT2D eigenvalue weighted by Gasteiger charge is -2.34. The van der Waals surface area contributed by atoms with Crippen molar-refractivity contribution in [2.75, 3.05) is 26.2 Å². The summed E-state index contributed by atoms with van der Waals surface area (Å²) in [6.45, 7) is 4.01. The van der Waals surface area contributed by atoms with Crippen molar-refractivity contribution >= 4 is 39.1 Å². The van der Waals surface area contributed by atoms with Gasteiger partial charge in [0.25, 0.3) is 5.91 Å². The average Bonchev–Trinajstić information content (AvgIpc) is 2.96. The number of carbonyl (C=O) groups is 1. The second-order valence-electron chi connectivity index (χ2n) is 5.95. The second kappa shape index (κ2) is 7.19. The molecule has 2 heterocycles. The van der Waals surface area contributed by atoms with Gasteiger partial charge in [-0.05, 0) is 26.0 Å². The molecular weight excluding hydrogens is 401 g/mol. The normalized spacial score (nSPS) is 16.1. The number of amides is 1. The third-order valence-corrected chi connectivity index (χ3v) is 7.24. The first kappa shape index (κ1) is 19.2. The Kier molecular flexibility index (Phi) is 5.30. The Morgan fingerprint density at radius 1 is 1.15 bits per heavy atom. The zero-order valence-corrected chi connectivity index (χ0v) is 16.5. The molecule has 0 saturated carbocycles. The lowest BCUT2D eigenvalue weighted by Crippen LogP contribution is -2.50. The number of hydrogen-bond acceptors (Lipinski definition) is 5. The van der Waals surface area contributed by atoms with Gasteiger partial charge in [-0.3, -0.25) is 4.79 Å². The minimum absolute atomic E-state index is 0.0927. The molecule has 0 bridgehead atoms. The van der Waals surface area contributed by atoms with Crippen molar-refractivity contribution in [3.8, 4) is 0 Å². The number of carbonyl (C=O) groups excluding carboxylic acids is 1. The molecule has 2 aromatic rings. The van der Waals surface area contributed by atoms with Gasteiger partial charge in [-0.15, -0.1) is 0 Å². The Bertz CT molecular complexity index is 931. The van der Waals surface area contributed by atoms with Crippen LogP contribution in [0.1, 0.15) is 21.8 Å². The molecule has 10 heteroatoms. The van der Waals surface area contributed by atoms with Crippen molar-refractivity contribution in [3.63, 3.8) is 0 Å². The third-order valence-electron chi connectivity index (χ3n) is 4.27. The summed E-state index contributed by atoms with van der Waals surface area (Å²) < 4.78 is 31.9. The molecule has 0 spiro atoms. The average molecular weight is 418 g/mol. The lowest BCUT2D eigenvalue weighted by atomic mass is 10.2. The van der Waals surface area contributed by atoms with E-state index in [2.05, 4.69) is 5.16 Å². The van der Waals surface area contributed by atoms with Crippen LogP contribution >= 0.6 is 23.2 Å². The minimum Gasteiger partial charge on any atom is -0.360 e. The number of aromatic nitrogens is 1. The summed E-state index contributed by atoms with van der Waals surface area (Å²) in [6.07, 6.45) is 0. The molecule has 7 nitrogen and oxygen atoms in total. The van der Waals surface area contributed by atoms with Crippen LogP contribution in [0, 0.1) is 13.8 Å². The maximum absolute atomic E-state index is 12.8. The van der Waals surface area contributed by atoms with Crippen LogP contribution in [0.25, 0.3) is 0 Å². The van der Waals surface area contributed by atoms with Crippen LogP contribution < -0.4 is 0 Å². The number of piperazine rings is 1. The largest absolute Gasteiger partial charge is 0.360 e. The van der Waals surface area contributed by atoms with E-state index in [1.807, 2.05) is 0 Å². The molecule has 0 aliphatic carbocycles. The molecule has 1 aromatic heterocycles. The smallest absolute Gasteiger partial charge is 0.255 e. The highest BCUT2D eigenvalue weighted by Gasteiger charge is 2.34. The Balaban J connectivity index is 1.75. The molecule has 140 valence electrons. The lowest BCUT2D eigenvalue weighted by molar-refractivity contribution is 0.0698. The fourth-order valence-electron chi connectivity index (χ4n) is 2.94. The topological polar surface area (TPSA) is 83.7 Å². The van der Waals surface area contributed by atoms with Gasteiger partial charge in [0, 0.05) is 26.2 Å². The summed E-state index contributed by atoms with van der Waals surface area (Å²) in [7, 11) is -3.72. The van der Waals surface area contributed by atoms with Crippen molar-refractivity contribution in [1.29, 1.82) is 0 Å². The molecule has 3 rings (SSSR count). The molecule has 0 radical (unpaired) electrons. The molecule has 1 aliphatic heterocycles. The van der Waals surface area contributed by atoms with Crippen molar-refractivity contribution < 1.29 is 17.7 Å². The van der Waals surface area contributed by atoms with Gasteiger partial charge < -0.3 is 9.42 Å². The zero-order chi connectivity index (χ0) is 19.1. The van der Waals surface area contributed by atoms with E-state index in [4.69, 9.17) is 27.7 Å². The summed E-state index contributed by atoms with van der Waals surface area (Å²) >= 11 is 12.1. The quantitative estimate of drug-likeness (QED) is 0.766. The van der Waals surface area contributed by atoms with Crippen molar-refractivity contribution in [2.24, 2.45) is 0 Å². The highest BCUT2D eigenvalue weighted by Crippen LogP contribution is 2.28. The molecule has 1 fully saturated rings. The van der Waals surface area contributed by atoms with Crippen LogP contribution in [-0.2, 0) is 10.0 Å². The Morgan fingerprint density at radius 2 is 1.81 bits per heavy atom. The van der Waals surface area contributed by atoms with Crippen LogP contribution in [-0.4, -0.2) is 54.9 Å². The standard InChI is InChI=1S/C16H17Cl2N3O4S/c1-10-15(11(2)25-19-10)26(23,24)21-8-6-20(7-9-21)16(22)12-4-3-5-13(17)14(12)18/h3-5H,6-9H2,1-2H3. The van der Waals surface area contributed by atoms with Gasteiger partial charge in [0.15, 0.2) is 5.76 Å². The minimum atomic E-state index is -3.72. The fourth-order valence-corrected chi connectivity index (χ4v) is 5.04. The highest BCUT2D eigenvalue weighted by molar-refractivity contribution is 7.89. The van der Waals surface area contributed by atoms with E-state index in [1.165, 1.54) is 4.31 Å². The molecule has 1 saturated heterocycles. The summed E-state index contributed by atoms with van der Waals surface area (Å²) in [5, 5.41) is 4.21. The highest BCUT2D eigenvalue weighted by atomic mass is 35.5. The van der Waals surface area contributed by atoms with E-state index >= 15 is 0 Å². The van der Waals surface area contributed by atoms with Gasteiger partial charge in [0.1, 0.15) is 10.6 Å². The number of halogens is 2. The maximum atomic E-state index is 12.8. The van der Waals surface area contributed by atoms with E-state index in [-0.39, 0.29) is 47.8 Å². The van der Waals surface area contributed by atoms with Gasteiger partial charge in [-0.25, -0.2) is 8.42 Å². The van der Waals surface area contributed by atoms with Gasteiger partial charge in [-0.1, -0.05) is 34.4 Å². The maximum Gasteiger partial charge on any atom is 0.255 e. The van der Waals surface area contributed by atoms with E-state index in [0.717, 1.165) is 0 Å².